The summed E-state index contributed by atoms with van der Waals surface area (Å²) in [7, 11) is 1.84. The number of amides is 1. The van der Waals surface area contributed by atoms with Gasteiger partial charge >= 0.3 is 0 Å². The quantitative estimate of drug-likeness (QED) is 0.658. The van der Waals surface area contributed by atoms with Gasteiger partial charge in [-0.1, -0.05) is 30.3 Å². The van der Waals surface area contributed by atoms with E-state index in [1.807, 2.05) is 38.2 Å². The number of aromatic nitrogens is 1. The molecule has 2 aromatic carbocycles. The third-order valence-electron chi connectivity index (χ3n) is 4.66. The van der Waals surface area contributed by atoms with Crippen molar-refractivity contribution in [1.29, 1.82) is 0 Å². The Morgan fingerprint density at radius 3 is 2.29 bits per heavy atom. The van der Waals surface area contributed by atoms with E-state index in [4.69, 9.17) is 0 Å². The van der Waals surface area contributed by atoms with Gasteiger partial charge in [-0.05, 0) is 56.7 Å². The first-order chi connectivity index (χ1) is 11.4. The third-order valence-corrected chi connectivity index (χ3v) is 4.66. The Labute approximate surface area is 143 Å². The minimum Gasteiger partial charge on any atom is -0.346 e. The summed E-state index contributed by atoms with van der Waals surface area (Å²) in [5, 5.41) is 2.32. The number of benzene rings is 2. The number of aryl methyl sites for hydroxylation is 1. The fourth-order valence-corrected chi connectivity index (χ4v) is 3.47. The maximum atomic E-state index is 13.0. The van der Waals surface area contributed by atoms with Crippen molar-refractivity contribution in [3.05, 3.63) is 65.5 Å². The van der Waals surface area contributed by atoms with Gasteiger partial charge in [0.05, 0.1) is 5.56 Å². The van der Waals surface area contributed by atoms with E-state index in [0.717, 1.165) is 28.0 Å². The second-order valence-electron chi connectivity index (χ2n) is 6.64. The average molecular weight is 320 g/mol. The van der Waals surface area contributed by atoms with Crippen LogP contribution in [0, 0.1) is 13.8 Å². The second-order valence-corrected chi connectivity index (χ2v) is 6.64. The van der Waals surface area contributed by atoms with E-state index in [2.05, 4.69) is 49.6 Å². The van der Waals surface area contributed by atoms with E-state index in [0.29, 0.717) is 6.04 Å². The zero-order valence-electron chi connectivity index (χ0n) is 15.0. The van der Waals surface area contributed by atoms with Gasteiger partial charge in [0.2, 0.25) is 0 Å². The summed E-state index contributed by atoms with van der Waals surface area (Å²) in [5.41, 5.74) is 3.84. The Balaban J connectivity index is 1.98. The SMILES string of the molecule is Cc1cc(C(=O)N(C)c2ccc3ccccc3c2)c(C)n1C(C)C. The van der Waals surface area contributed by atoms with Crippen LogP contribution in [0.25, 0.3) is 10.8 Å². The van der Waals surface area contributed by atoms with Crippen LogP contribution in [0.4, 0.5) is 5.69 Å². The van der Waals surface area contributed by atoms with Crippen LogP contribution in [0.3, 0.4) is 0 Å². The number of fused-ring (bicyclic) bond motifs is 1. The van der Waals surface area contributed by atoms with E-state index in [9.17, 15) is 4.79 Å². The van der Waals surface area contributed by atoms with Gasteiger partial charge in [0, 0.05) is 30.2 Å². The molecule has 24 heavy (non-hydrogen) atoms. The summed E-state index contributed by atoms with van der Waals surface area (Å²) >= 11 is 0. The largest absolute Gasteiger partial charge is 0.346 e. The fraction of sp³-hybridized carbons (Fsp3) is 0.286. The number of hydrogen-bond acceptors (Lipinski definition) is 1. The lowest BCUT2D eigenvalue weighted by atomic mass is 10.1. The van der Waals surface area contributed by atoms with Crippen molar-refractivity contribution in [1.82, 2.24) is 4.57 Å². The number of rotatable bonds is 3. The van der Waals surface area contributed by atoms with Gasteiger partial charge in [0.15, 0.2) is 0 Å². The molecule has 1 aromatic heterocycles. The number of carbonyl (C=O) groups is 1. The highest BCUT2D eigenvalue weighted by molar-refractivity contribution is 6.07. The topological polar surface area (TPSA) is 25.2 Å². The van der Waals surface area contributed by atoms with Crippen LogP contribution in [0.5, 0.6) is 0 Å². The van der Waals surface area contributed by atoms with Crippen molar-refractivity contribution in [3.63, 3.8) is 0 Å². The van der Waals surface area contributed by atoms with Gasteiger partial charge in [0.1, 0.15) is 0 Å². The van der Waals surface area contributed by atoms with Crippen molar-refractivity contribution in [2.75, 3.05) is 11.9 Å². The molecule has 0 aliphatic heterocycles. The molecule has 1 amide bonds. The van der Waals surface area contributed by atoms with Crippen LogP contribution in [0.1, 0.15) is 41.6 Å². The first kappa shape index (κ1) is 16.3. The molecule has 1 heterocycles. The second kappa shape index (κ2) is 6.16. The first-order valence-electron chi connectivity index (χ1n) is 8.35. The molecule has 0 saturated heterocycles. The molecule has 3 nitrogen and oxygen atoms in total. The first-order valence-corrected chi connectivity index (χ1v) is 8.35. The maximum Gasteiger partial charge on any atom is 0.259 e. The molecule has 0 aliphatic rings. The van der Waals surface area contributed by atoms with Gasteiger partial charge in [-0.25, -0.2) is 0 Å². The smallest absolute Gasteiger partial charge is 0.259 e. The normalized spacial score (nSPS) is 11.2. The number of nitrogens with zero attached hydrogens (tertiary/aromatic N) is 2. The Hall–Kier alpha value is -2.55. The molecule has 0 N–H and O–H groups in total. The minimum atomic E-state index is 0.0327. The average Bonchev–Trinajstić information content (AvgIpc) is 2.87. The number of carbonyl (C=O) groups excluding carboxylic acids is 1. The van der Waals surface area contributed by atoms with Crippen LogP contribution in [-0.4, -0.2) is 17.5 Å². The predicted octanol–water partition coefficient (Wildman–Crippen LogP) is 5.12. The van der Waals surface area contributed by atoms with Crippen LogP contribution in [-0.2, 0) is 0 Å². The lowest BCUT2D eigenvalue weighted by Gasteiger charge is -2.19. The summed E-state index contributed by atoms with van der Waals surface area (Å²) in [6, 6.07) is 16.7. The zero-order chi connectivity index (χ0) is 17.4. The Morgan fingerprint density at radius 1 is 1.00 bits per heavy atom. The van der Waals surface area contributed by atoms with Gasteiger partial charge < -0.3 is 9.47 Å². The number of anilines is 1. The molecule has 0 aliphatic carbocycles. The summed E-state index contributed by atoms with van der Waals surface area (Å²) in [5.74, 6) is 0.0327. The van der Waals surface area contributed by atoms with Gasteiger partial charge in [-0.3, -0.25) is 4.79 Å². The summed E-state index contributed by atoms with van der Waals surface area (Å²) < 4.78 is 2.21. The molecule has 0 unspecified atom stereocenters. The van der Waals surface area contributed by atoms with Crippen molar-refractivity contribution in [3.8, 4) is 0 Å². The van der Waals surface area contributed by atoms with E-state index in [1.165, 1.54) is 5.39 Å². The number of hydrogen-bond donors (Lipinski definition) is 0. The molecule has 0 radical (unpaired) electrons. The lowest BCUT2D eigenvalue weighted by molar-refractivity contribution is 0.0992. The Kier molecular flexibility index (Phi) is 4.18. The molecule has 0 spiro atoms. The molecule has 0 saturated carbocycles. The van der Waals surface area contributed by atoms with E-state index < -0.39 is 0 Å². The van der Waals surface area contributed by atoms with Crippen molar-refractivity contribution < 1.29 is 4.79 Å². The Bertz CT molecular complexity index is 905. The van der Waals surface area contributed by atoms with Crippen LogP contribution in [0.2, 0.25) is 0 Å². The molecular formula is C21H24N2O. The zero-order valence-corrected chi connectivity index (χ0v) is 15.0. The molecule has 3 heteroatoms. The summed E-state index contributed by atoms with van der Waals surface area (Å²) in [4.78, 5) is 14.7. The molecule has 0 fully saturated rings. The maximum absolute atomic E-state index is 13.0. The molecule has 3 aromatic rings. The van der Waals surface area contributed by atoms with Gasteiger partial charge in [-0.2, -0.15) is 0 Å². The predicted molar refractivity (Wildman–Crippen MR) is 101 cm³/mol. The standard InChI is InChI=1S/C21H24N2O/c1-14(2)23-15(3)12-20(16(23)4)21(24)22(5)19-11-10-17-8-6-7-9-18(17)13-19/h6-14H,1-5H3. The highest BCUT2D eigenvalue weighted by Gasteiger charge is 2.21. The monoisotopic (exact) mass is 320 g/mol. The minimum absolute atomic E-state index is 0.0327. The highest BCUT2D eigenvalue weighted by Crippen LogP contribution is 2.25. The van der Waals surface area contributed by atoms with Crippen LogP contribution >= 0.6 is 0 Å². The lowest BCUT2D eigenvalue weighted by Crippen LogP contribution is -2.26. The summed E-state index contributed by atoms with van der Waals surface area (Å²) in [6.45, 7) is 8.36. The molecule has 3 rings (SSSR count). The van der Waals surface area contributed by atoms with Gasteiger partial charge in [0.25, 0.3) is 5.91 Å². The van der Waals surface area contributed by atoms with E-state index in [-0.39, 0.29) is 5.91 Å². The van der Waals surface area contributed by atoms with Crippen molar-refractivity contribution in [2.24, 2.45) is 0 Å². The van der Waals surface area contributed by atoms with Crippen molar-refractivity contribution >= 4 is 22.4 Å². The van der Waals surface area contributed by atoms with Crippen molar-refractivity contribution in [2.45, 2.75) is 33.7 Å². The van der Waals surface area contributed by atoms with Crippen LogP contribution in [0.15, 0.2) is 48.5 Å². The molecular weight excluding hydrogens is 296 g/mol. The fourth-order valence-electron chi connectivity index (χ4n) is 3.47. The van der Waals surface area contributed by atoms with E-state index in [1.54, 1.807) is 4.90 Å². The van der Waals surface area contributed by atoms with Crippen LogP contribution < -0.4 is 4.90 Å². The summed E-state index contributed by atoms with van der Waals surface area (Å²) in [6.07, 6.45) is 0. The molecule has 0 atom stereocenters. The Morgan fingerprint density at radius 2 is 1.67 bits per heavy atom. The highest BCUT2D eigenvalue weighted by atomic mass is 16.2. The molecule has 124 valence electrons. The van der Waals surface area contributed by atoms with E-state index >= 15 is 0 Å². The third kappa shape index (κ3) is 2.71. The van der Waals surface area contributed by atoms with Gasteiger partial charge in [-0.15, -0.1) is 0 Å². The molecule has 0 bridgehead atoms.